The Hall–Kier alpha value is -1.98. The van der Waals surface area contributed by atoms with E-state index in [4.69, 9.17) is 4.74 Å². The molecule has 100 valence electrons. The second-order valence-electron chi connectivity index (χ2n) is 4.41. The van der Waals surface area contributed by atoms with E-state index in [-0.39, 0.29) is 12.6 Å². The van der Waals surface area contributed by atoms with E-state index >= 15 is 0 Å². The molecular formula is C13H16BNO4. The molecule has 0 saturated carbocycles. The first kappa shape index (κ1) is 13.5. The predicted octanol–water partition coefficient (Wildman–Crippen LogP) is 0.879. The SMILES string of the molecule is BOC(=O)[C@@H]1CCCN1C(=O)OCc1ccccc1. The number of hydrogen-bond acceptors (Lipinski definition) is 4. The molecule has 1 saturated heterocycles. The second kappa shape index (κ2) is 6.27. The molecule has 1 atom stereocenters. The quantitative estimate of drug-likeness (QED) is 0.758. The Morgan fingerprint density at radius 1 is 1.32 bits per heavy atom. The molecule has 1 aromatic carbocycles. The van der Waals surface area contributed by atoms with Gasteiger partial charge in [0.1, 0.15) is 12.6 Å². The lowest BCUT2D eigenvalue weighted by Gasteiger charge is -2.22. The molecule has 1 aromatic rings. The maximum Gasteiger partial charge on any atom is 0.410 e. The fourth-order valence-electron chi connectivity index (χ4n) is 2.17. The molecule has 0 radical (unpaired) electrons. The van der Waals surface area contributed by atoms with Crippen molar-refractivity contribution in [2.45, 2.75) is 25.5 Å². The number of amides is 1. The van der Waals surface area contributed by atoms with Gasteiger partial charge in [0.15, 0.2) is 0 Å². The van der Waals surface area contributed by atoms with Gasteiger partial charge in [-0.2, -0.15) is 0 Å². The van der Waals surface area contributed by atoms with Crippen molar-refractivity contribution in [2.75, 3.05) is 6.54 Å². The van der Waals surface area contributed by atoms with Gasteiger partial charge in [-0.25, -0.2) is 4.79 Å². The van der Waals surface area contributed by atoms with Gasteiger partial charge in [-0.05, 0) is 18.4 Å². The molecule has 0 aromatic heterocycles. The molecule has 0 aliphatic carbocycles. The highest BCUT2D eigenvalue weighted by Gasteiger charge is 2.35. The van der Waals surface area contributed by atoms with Gasteiger partial charge in [0.25, 0.3) is 0 Å². The highest BCUT2D eigenvalue weighted by molar-refractivity contribution is 6.06. The number of likely N-dealkylation sites (tertiary alicyclic amines) is 1. The van der Waals surface area contributed by atoms with Crippen molar-refractivity contribution in [3.63, 3.8) is 0 Å². The molecule has 5 nitrogen and oxygen atoms in total. The van der Waals surface area contributed by atoms with Crippen LogP contribution in [-0.4, -0.2) is 37.6 Å². The fraction of sp³-hybridized carbons (Fsp3) is 0.385. The topological polar surface area (TPSA) is 55.8 Å². The number of rotatable bonds is 3. The van der Waals surface area contributed by atoms with Crippen molar-refractivity contribution >= 4 is 20.1 Å². The number of carbonyl (C=O) groups excluding carboxylic acids is 2. The summed E-state index contributed by atoms with van der Waals surface area (Å²) >= 11 is 0. The van der Waals surface area contributed by atoms with Gasteiger partial charge in [-0.3, -0.25) is 9.69 Å². The summed E-state index contributed by atoms with van der Waals surface area (Å²) in [7, 11) is 1.33. The largest absolute Gasteiger partial charge is 0.542 e. The molecule has 1 aliphatic heterocycles. The third-order valence-corrected chi connectivity index (χ3v) is 3.17. The normalized spacial score (nSPS) is 18.1. The second-order valence-corrected chi connectivity index (χ2v) is 4.41. The maximum absolute atomic E-state index is 11.9. The lowest BCUT2D eigenvalue weighted by Crippen LogP contribution is -2.41. The third kappa shape index (κ3) is 3.27. The van der Waals surface area contributed by atoms with Crippen LogP contribution in [0.1, 0.15) is 18.4 Å². The summed E-state index contributed by atoms with van der Waals surface area (Å²) in [4.78, 5) is 24.9. The molecule has 0 N–H and O–H groups in total. The lowest BCUT2D eigenvalue weighted by atomic mass is 10.2. The number of benzene rings is 1. The van der Waals surface area contributed by atoms with E-state index in [0.717, 1.165) is 12.0 Å². The number of carbonyl (C=O) groups is 2. The molecule has 0 spiro atoms. The van der Waals surface area contributed by atoms with E-state index in [9.17, 15) is 9.59 Å². The lowest BCUT2D eigenvalue weighted by molar-refractivity contribution is -0.138. The number of hydrogen-bond donors (Lipinski definition) is 0. The van der Waals surface area contributed by atoms with E-state index in [1.807, 2.05) is 30.3 Å². The zero-order valence-corrected chi connectivity index (χ0v) is 10.9. The van der Waals surface area contributed by atoms with Crippen LogP contribution in [0.3, 0.4) is 0 Å². The Bertz CT molecular complexity index is 451. The van der Waals surface area contributed by atoms with Crippen LogP contribution in [0.2, 0.25) is 0 Å². The van der Waals surface area contributed by atoms with E-state index in [1.165, 1.54) is 12.9 Å². The van der Waals surface area contributed by atoms with Crippen molar-refractivity contribution in [3.05, 3.63) is 35.9 Å². The van der Waals surface area contributed by atoms with Crippen LogP contribution >= 0.6 is 0 Å². The van der Waals surface area contributed by atoms with Gasteiger partial charge in [-0.15, -0.1) is 0 Å². The average Bonchev–Trinajstić information content (AvgIpc) is 2.94. The highest BCUT2D eigenvalue weighted by Crippen LogP contribution is 2.19. The summed E-state index contributed by atoms with van der Waals surface area (Å²) < 4.78 is 9.91. The molecule has 1 aliphatic rings. The van der Waals surface area contributed by atoms with Crippen LogP contribution < -0.4 is 0 Å². The van der Waals surface area contributed by atoms with E-state index in [0.29, 0.717) is 13.0 Å². The standard InChI is InChI=1S/C13H16BNO4/c14-19-12(16)11-7-4-8-15(11)13(17)18-9-10-5-2-1-3-6-10/h1-3,5-6,11H,4,7-9,14H2/t11-/m0/s1. The minimum absolute atomic E-state index is 0.212. The van der Waals surface area contributed by atoms with Gasteiger partial charge < -0.3 is 9.39 Å². The van der Waals surface area contributed by atoms with Crippen LogP contribution in [0.15, 0.2) is 30.3 Å². The van der Waals surface area contributed by atoms with Crippen molar-refractivity contribution in [3.8, 4) is 0 Å². The van der Waals surface area contributed by atoms with Crippen LogP contribution in [0.4, 0.5) is 4.79 Å². The van der Waals surface area contributed by atoms with Crippen LogP contribution in [0.5, 0.6) is 0 Å². The molecule has 19 heavy (non-hydrogen) atoms. The van der Waals surface area contributed by atoms with Gasteiger partial charge in [-0.1, -0.05) is 30.3 Å². The van der Waals surface area contributed by atoms with Crippen LogP contribution in [-0.2, 0) is 20.8 Å². The summed E-state index contributed by atoms with van der Waals surface area (Å²) in [5.41, 5.74) is 0.921. The first-order valence-corrected chi connectivity index (χ1v) is 6.27. The van der Waals surface area contributed by atoms with Crippen molar-refractivity contribution in [2.24, 2.45) is 0 Å². The maximum atomic E-state index is 11.9. The molecule has 0 unspecified atom stereocenters. The Morgan fingerprint density at radius 2 is 2.05 bits per heavy atom. The highest BCUT2D eigenvalue weighted by atomic mass is 16.6. The molecule has 2 rings (SSSR count). The third-order valence-electron chi connectivity index (χ3n) is 3.17. The Morgan fingerprint density at radius 3 is 2.74 bits per heavy atom. The van der Waals surface area contributed by atoms with E-state index in [2.05, 4.69) is 4.65 Å². The number of ether oxygens (including phenoxy) is 1. The summed E-state index contributed by atoms with van der Waals surface area (Å²) in [5, 5.41) is 0. The van der Waals surface area contributed by atoms with Gasteiger partial charge in [0.05, 0.1) is 0 Å². The molecular weight excluding hydrogens is 245 g/mol. The first-order valence-electron chi connectivity index (χ1n) is 6.27. The van der Waals surface area contributed by atoms with Gasteiger partial charge >= 0.3 is 20.1 Å². The Kier molecular flexibility index (Phi) is 4.44. The minimum atomic E-state index is -0.506. The smallest absolute Gasteiger partial charge is 0.410 e. The summed E-state index contributed by atoms with van der Waals surface area (Å²) in [6, 6.07) is 8.93. The summed E-state index contributed by atoms with van der Waals surface area (Å²) in [6.45, 7) is 0.747. The van der Waals surface area contributed by atoms with Crippen LogP contribution in [0.25, 0.3) is 0 Å². The molecule has 0 bridgehead atoms. The van der Waals surface area contributed by atoms with Gasteiger partial charge in [0.2, 0.25) is 0 Å². The molecule has 1 amide bonds. The Balaban J connectivity index is 1.90. The number of nitrogens with zero attached hydrogens (tertiary/aromatic N) is 1. The average molecular weight is 261 g/mol. The minimum Gasteiger partial charge on any atom is -0.542 e. The van der Waals surface area contributed by atoms with Crippen molar-refractivity contribution in [1.29, 1.82) is 0 Å². The predicted molar refractivity (Wildman–Crippen MR) is 71.0 cm³/mol. The molecule has 6 heteroatoms. The Labute approximate surface area is 112 Å². The summed E-state index contributed by atoms with van der Waals surface area (Å²) in [6.07, 6.45) is 0.963. The summed E-state index contributed by atoms with van der Waals surface area (Å²) in [5.74, 6) is -0.380. The monoisotopic (exact) mass is 261 g/mol. The fourth-order valence-corrected chi connectivity index (χ4v) is 2.17. The van der Waals surface area contributed by atoms with Crippen molar-refractivity contribution in [1.82, 2.24) is 4.90 Å². The molecule has 1 fully saturated rings. The van der Waals surface area contributed by atoms with E-state index in [1.54, 1.807) is 0 Å². The van der Waals surface area contributed by atoms with Gasteiger partial charge in [0, 0.05) is 6.54 Å². The van der Waals surface area contributed by atoms with Crippen LogP contribution in [0, 0.1) is 0 Å². The zero-order chi connectivity index (χ0) is 13.7. The first-order chi connectivity index (χ1) is 9.22. The van der Waals surface area contributed by atoms with Crippen molar-refractivity contribution < 1.29 is 19.0 Å². The van der Waals surface area contributed by atoms with E-state index < -0.39 is 12.1 Å². The zero-order valence-electron chi connectivity index (χ0n) is 10.9. The molecule has 1 heterocycles.